The first-order valence-electron chi connectivity index (χ1n) is 8.87. The molecule has 9 heteroatoms. The van der Waals surface area contributed by atoms with Gasteiger partial charge in [-0.1, -0.05) is 18.2 Å². The number of nitrogens with zero attached hydrogens (tertiary/aromatic N) is 4. The van der Waals surface area contributed by atoms with E-state index < -0.39 is 0 Å². The molecule has 2 heterocycles. The van der Waals surface area contributed by atoms with E-state index in [2.05, 4.69) is 41.3 Å². The number of aromatic nitrogens is 3. The molecule has 138 valence electrons. The van der Waals surface area contributed by atoms with Crippen LogP contribution in [0.3, 0.4) is 0 Å². The normalized spacial score (nSPS) is 13.8. The van der Waals surface area contributed by atoms with Crippen molar-refractivity contribution in [2.75, 3.05) is 35.3 Å². The quantitative estimate of drug-likeness (QED) is 0.451. The van der Waals surface area contributed by atoms with Crippen LogP contribution < -0.4 is 26.4 Å². The largest absolute Gasteiger partial charge is 0.362 e. The molecule has 1 aromatic carbocycles. The predicted octanol–water partition coefficient (Wildman–Crippen LogP) is 2.42. The summed E-state index contributed by atoms with van der Waals surface area (Å²) in [6.07, 6.45) is 3.55. The molecule has 2 aromatic rings. The number of piperidine rings is 1. The Morgan fingerprint density at radius 2 is 1.77 bits per heavy atom. The highest BCUT2D eigenvalue weighted by Gasteiger charge is 2.16. The van der Waals surface area contributed by atoms with E-state index in [1.807, 2.05) is 37.3 Å². The average Bonchev–Trinajstić information content (AvgIpc) is 2.68. The molecule has 0 amide bonds. The molecular formula is C17H24N8S. The molecule has 26 heavy (non-hydrogen) atoms. The predicted molar refractivity (Wildman–Crippen MR) is 109 cm³/mol. The second kappa shape index (κ2) is 9.14. The molecule has 8 nitrogen and oxygen atoms in total. The minimum atomic E-state index is 0.416. The average molecular weight is 373 g/mol. The zero-order valence-corrected chi connectivity index (χ0v) is 15.6. The van der Waals surface area contributed by atoms with E-state index in [1.54, 1.807) is 0 Å². The van der Waals surface area contributed by atoms with Gasteiger partial charge in [0, 0.05) is 25.3 Å². The standard InChI is InChI=1S/C17H24N8S/c1-2-18-17(26)24-23-15-20-14(19-13-9-5-3-6-10-13)21-16(22-15)25-11-7-4-8-12-25/h3,5-6,9-10H,2,4,7-8,11-12H2,1H3,(H2,18,24,26)(H2,19,20,21,22,23). The van der Waals surface area contributed by atoms with Gasteiger partial charge in [-0.25, -0.2) is 0 Å². The van der Waals surface area contributed by atoms with Crippen molar-refractivity contribution in [1.82, 2.24) is 25.7 Å². The van der Waals surface area contributed by atoms with Gasteiger partial charge in [-0.2, -0.15) is 15.0 Å². The first-order valence-corrected chi connectivity index (χ1v) is 9.28. The number of para-hydroxylation sites is 1. The van der Waals surface area contributed by atoms with Gasteiger partial charge in [0.2, 0.25) is 17.8 Å². The van der Waals surface area contributed by atoms with E-state index in [-0.39, 0.29) is 0 Å². The van der Waals surface area contributed by atoms with E-state index in [0.29, 0.717) is 23.0 Å². The van der Waals surface area contributed by atoms with Crippen molar-refractivity contribution in [3.05, 3.63) is 30.3 Å². The highest BCUT2D eigenvalue weighted by molar-refractivity contribution is 7.80. The Hall–Kier alpha value is -2.68. The summed E-state index contributed by atoms with van der Waals surface area (Å²) in [6, 6.07) is 9.83. The van der Waals surface area contributed by atoms with Gasteiger partial charge in [0.25, 0.3) is 0 Å². The van der Waals surface area contributed by atoms with Gasteiger partial charge < -0.3 is 15.5 Å². The van der Waals surface area contributed by atoms with E-state index in [1.165, 1.54) is 6.42 Å². The Morgan fingerprint density at radius 3 is 2.50 bits per heavy atom. The highest BCUT2D eigenvalue weighted by atomic mass is 32.1. The summed E-state index contributed by atoms with van der Waals surface area (Å²) in [5.41, 5.74) is 6.77. The molecule has 0 saturated carbocycles. The van der Waals surface area contributed by atoms with Gasteiger partial charge in [-0.15, -0.1) is 0 Å². The lowest BCUT2D eigenvalue weighted by Crippen LogP contribution is -2.39. The molecule has 0 atom stereocenters. The molecule has 3 rings (SSSR count). The lowest BCUT2D eigenvalue weighted by atomic mass is 10.1. The summed E-state index contributed by atoms with van der Waals surface area (Å²) >= 11 is 5.17. The Labute approximate surface area is 158 Å². The minimum absolute atomic E-state index is 0.416. The fraction of sp³-hybridized carbons (Fsp3) is 0.412. The zero-order chi connectivity index (χ0) is 18.2. The lowest BCUT2D eigenvalue weighted by molar-refractivity contribution is 0.568. The van der Waals surface area contributed by atoms with E-state index in [9.17, 15) is 0 Å². The molecule has 1 aliphatic heterocycles. The fourth-order valence-electron chi connectivity index (χ4n) is 2.68. The Kier molecular flexibility index (Phi) is 6.37. The maximum absolute atomic E-state index is 5.17. The summed E-state index contributed by atoms with van der Waals surface area (Å²) in [4.78, 5) is 15.7. The van der Waals surface area contributed by atoms with Gasteiger partial charge in [-0.05, 0) is 50.5 Å². The third-order valence-electron chi connectivity index (χ3n) is 3.92. The summed E-state index contributed by atoms with van der Waals surface area (Å²) < 4.78 is 0. The molecule has 1 aliphatic rings. The number of rotatable bonds is 6. The Bertz CT molecular complexity index is 718. The number of hydrazine groups is 1. The monoisotopic (exact) mass is 372 g/mol. The molecule has 0 radical (unpaired) electrons. The van der Waals surface area contributed by atoms with Crippen LogP contribution in [-0.4, -0.2) is 39.7 Å². The minimum Gasteiger partial charge on any atom is -0.362 e. The SMILES string of the molecule is CCNC(=S)NNc1nc(Nc2ccccc2)nc(N2CCCCC2)n1. The third-order valence-corrected chi connectivity index (χ3v) is 4.16. The van der Waals surface area contributed by atoms with Crippen LogP contribution in [0.2, 0.25) is 0 Å². The molecule has 4 N–H and O–H groups in total. The van der Waals surface area contributed by atoms with Crippen LogP contribution in [0.25, 0.3) is 0 Å². The van der Waals surface area contributed by atoms with E-state index in [4.69, 9.17) is 12.2 Å². The molecule has 1 aromatic heterocycles. The summed E-state index contributed by atoms with van der Waals surface area (Å²) in [5.74, 6) is 1.57. The van der Waals surface area contributed by atoms with Crippen molar-refractivity contribution < 1.29 is 0 Å². The van der Waals surface area contributed by atoms with Gasteiger partial charge in [0.1, 0.15) is 0 Å². The highest BCUT2D eigenvalue weighted by Crippen LogP contribution is 2.20. The number of thiocarbonyl (C=S) groups is 1. The number of hydrogen-bond acceptors (Lipinski definition) is 7. The van der Waals surface area contributed by atoms with Crippen LogP contribution in [0.1, 0.15) is 26.2 Å². The first kappa shape index (κ1) is 18.1. The van der Waals surface area contributed by atoms with Crippen LogP contribution in [0.5, 0.6) is 0 Å². The fourth-order valence-corrected chi connectivity index (χ4v) is 2.88. The second-order valence-corrected chi connectivity index (χ2v) is 6.34. The Balaban J connectivity index is 1.79. The van der Waals surface area contributed by atoms with Gasteiger partial charge in [0.05, 0.1) is 0 Å². The molecular weight excluding hydrogens is 348 g/mol. The first-order chi connectivity index (χ1) is 12.7. The topological polar surface area (TPSA) is 90.0 Å². The molecule has 0 aliphatic carbocycles. The van der Waals surface area contributed by atoms with Crippen molar-refractivity contribution in [2.45, 2.75) is 26.2 Å². The molecule has 0 spiro atoms. The second-order valence-electron chi connectivity index (χ2n) is 5.93. The van der Waals surface area contributed by atoms with Crippen LogP contribution in [0.4, 0.5) is 23.5 Å². The van der Waals surface area contributed by atoms with Gasteiger partial charge in [0.15, 0.2) is 5.11 Å². The van der Waals surface area contributed by atoms with Crippen LogP contribution in [-0.2, 0) is 0 Å². The number of hydrogen-bond donors (Lipinski definition) is 4. The number of nitrogens with one attached hydrogen (secondary N) is 4. The third kappa shape index (κ3) is 5.16. The number of anilines is 4. The van der Waals surface area contributed by atoms with Gasteiger partial charge in [-0.3, -0.25) is 10.9 Å². The maximum atomic E-state index is 5.17. The van der Waals surface area contributed by atoms with Gasteiger partial charge >= 0.3 is 0 Å². The Morgan fingerprint density at radius 1 is 1.04 bits per heavy atom. The molecule has 1 saturated heterocycles. The molecule has 0 bridgehead atoms. The maximum Gasteiger partial charge on any atom is 0.248 e. The van der Waals surface area contributed by atoms with Crippen LogP contribution in [0.15, 0.2) is 30.3 Å². The molecule has 0 unspecified atom stereocenters. The van der Waals surface area contributed by atoms with Crippen molar-refractivity contribution in [1.29, 1.82) is 0 Å². The smallest absolute Gasteiger partial charge is 0.248 e. The van der Waals surface area contributed by atoms with Crippen LogP contribution >= 0.6 is 12.2 Å². The van der Waals surface area contributed by atoms with Crippen LogP contribution in [0, 0.1) is 0 Å². The van der Waals surface area contributed by atoms with E-state index >= 15 is 0 Å². The zero-order valence-electron chi connectivity index (χ0n) is 14.8. The van der Waals surface area contributed by atoms with Crippen molar-refractivity contribution in [2.24, 2.45) is 0 Å². The molecule has 1 fully saturated rings. The number of benzene rings is 1. The van der Waals surface area contributed by atoms with E-state index in [0.717, 1.165) is 38.2 Å². The van der Waals surface area contributed by atoms with Crippen molar-refractivity contribution >= 4 is 40.9 Å². The summed E-state index contributed by atoms with van der Waals surface area (Å²) in [5, 5.41) is 6.73. The lowest BCUT2D eigenvalue weighted by Gasteiger charge is -2.27. The summed E-state index contributed by atoms with van der Waals surface area (Å²) in [7, 11) is 0. The summed E-state index contributed by atoms with van der Waals surface area (Å²) in [6.45, 7) is 4.63. The van der Waals surface area contributed by atoms with Crippen molar-refractivity contribution in [3.8, 4) is 0 Å². The van der Waals surface area contributed by atoms with Crippen molar-refractivity contribution in [3.63, 3.8) is 0 Å².